The third-order valence-electron chi connectivity index (χ3n) is 3.72. The second kappa shape index (κ2) is 5.35. The van der Waals surface area contributed by atoms with E-state index in [1.54, 1.807) is 0 Å². The number of oxime groups is 1. The van der Waals surface area contributed by atoms with Gasteiger partial charge >= 0.3 is 0 Å². The average molecular weight is 231 g/mol. The average Bonchev–Trinajstić information content (AvgIpc) is 2.39. The highest BCUT2D eigenvalue weighted by Crippen LogP contribution is 2.32. The lowest BCUT2D eigenvalue weighted by Gasteiger charge is -2.23. The van der Waals surface area contributed by atoms with Gasteiger partial charge in [0.25, 0.3) is 0 Å². The SMILES string of the molecule is CC(C)c1ccc(C2CCCC(=NO)C2)cc1. The molecule has 1 saturated carbocycles. The van der Waals surface area contributed by atoms with E-state index in [0.29, 0.717) is 11.8 Å². The molecule has 1 unspecified atom stereocenters. The third-order valence-corrected chi connectivity index (χ3v) is 3.72. The Morgan fingerprint density at radius 2 is 1.94 bits per heavy atom. The van der Waals surface area contributed by atoms with E-state index in [4.69, 9.17) is 5.21 Å². The van der Waals surface area contributed by atoms with Gasteiger partial charge in [0.05, 0.1) is 5.71 Å². The Balaban J connectivity index is 2.11. The molecule has 2 nitrogen and oxygen atoms in total. The van der Waals surface area contributed by atoms with Crippen molar-refractivity contribution < 1.29 is 5.21 Å². The molecule has 0 radical (unpaired) electrons. The number of rotatable bonds is 2. The van der Waals surface area contributed by atoms with E-state index in [-0.39, 0.29) is 0 Å². The summed E-state index contributed by atoms with van der Waals surface area (Å²) >= 11 is 0. The summed E-state index contributed by atoms with van der Waals surface area (Å²) in [5.74, 6) is 1.13. The third kappa shape index (κ3) is 2.87. The van der Waals surface area contributed by atoms with Crippen LogP contribution in [0.3, 0.4) is 0 Å². The summed E-state index contributed by atoms with van der Waals surface area (Å²) in [5, 5.41) is 12.2. The fourth-order valence-electron chi connectivity index (χ4n) is 2.57. The van der Waals surface area contributed by atoms with Crippen LogP contribution in [0.5, 0.6) is 0 Å². The molecular weight excluding hydrogens is 210 g/mol. The summed E-state index contributed by atoms with van der Waals surface area (Å²) in [4.78, 5) is 0. The molecule has 1 aromatic rings. The molecule has 0 saturated heterocycles. The molecular formula is C15H21NO. The van der Waals surface area contributed by atoms with Crippen LogP contribution in [0, 0.1) is 0 Å². The van der Waals surface area contributed by atoms with Crippen molar-refractivity contribution in [2.75, 3.05) is 0 Å². The van der Waals surface area contributed by atoms with E-state index < -0.39 is 0 Å². The van der Waals surface area contributed by atoms with Crippen LogP contribution < -0.4 is 0 Å². The van der Waals surface area contributed by atoms with Crippen LogP contribution >= 0.6 is 0 Å². The first kappa shape index (κ1) is 12.2. The van der Waals surface area contributed by atoms with Crippen LogP contribution in [0.15, 0.2) is 29.4 Å². The maximum absolute atomic E-state index is 8.86. The topological polar surface area (TPSA) is 32.6 Å². The van der Waals surface area contributed by atoms with E-state index in [2.05, 4.69) is 43.3 Å². The normalized spacial score (nSPS) is 23.2. The van der Waals surface area contributed by atoms with Gasteiger partial charge in [0.2, 0.25) is 0 Å². The zero-order chi connectivity index (χ0) is 12.3. The van der Waals surface area contributed by atoms with Crippen molar-refractivity contribution in [3.63, 3.8) is 0 Å². The summed E-state index contributed by atoms with van der Waals surface area (Å²) in [7, 11) is 0. The van der Waals surface area contributed by atoms with Crippen LogP contribution in [-0.4, -0.2) is 10.9 Å². The molecule has 1 fully saturated rings. The maximum Gasteiger partial charge on any atom is 0.0576 e. The second-order valence-electron chi connectivity index (χ2n) is 5.28. The zero-order valence-corrected chi connectivity index (χ0v) is 10.7. The van der Waals surface area contributed by atoms with E-state index in [1.165, 1.54) is 17.5 Å². The predicted molar refractivity (Wildman–Crippen MR) is 71.0 cm³/mol. The molecule has 0 aromatic heterocycles. The summed E-state index contributed by atoms with van der Waals surface area (Å²) in [6.45, 7) is 4.43. The molecule has 92 valence electrons. The lowest BCUT2D eigenvalue weighted by atomic mass is 9.82. The first-order valence-corrected chi connectivity index (χ1v) is 6.50. The molecule has 0 spiro atoms. The van der Waals surface area contributed by atoms with Gasteiger partial charge in [-0.15, -0.1) is 0 Å². The number of hydrogen-bond acceptors (Lipinski definition) is 2. The number of nitrogens with zero attached hydrogens (tertiary/aromatic N) is 1. The van der Waals surface area contributed by atoms with Crippen molar-refractivity contribution in [2.24, 2.45) is 5.16 Å². The van der Waals surface area contributed by atoms with Crippen molar-refractivity contribution in [2.45, 2.75) is 51.4 Å². The smallest absolute Gasteiger partial charge is 0.0576 e. The van der Waals surface area contributed by atoms with Crippen LogP contribution in [0.25, 0.3) is 0 Å². The van der Waals surface area contributed by atoms with Gasteiger partial charge in [-0.3, -0.25) is 0 Å². The van der Waals surface area contributed by atoms with E-state index in [9.17, 15) is 0 Å². The van der Waals surface area contributed by atoms with Crippen LogP contribution in [-0.2, 0) is 0 Å². The fraction of sp³-hybridized carbons (Fsp3) is 0.533. The standard InChI is InChI=1S/C15H21NO/c1-11(2)12-6-8-13(9-7-12)14-4-3-5-15(10-14)16-17/h6-9,11,14,17H,3-5,10H2,1-2H3. The molecule has 1 aromatic carbocycles. The molecule has 2 rings (SSSR count). The molecule has 0 amide bonds. The molecule has 1 aliphatic carbocycles. The van der Waals surface area contributed by atoms with Gasteiger partial charge in [0.1, 0.15) is 0 Å². The first-order chi connectivity index (χ1) is 8.20. The van der Waals surface area contributed by atoms with Gasteiger partial charge in [-0.1, -0.05) is 43.3 Å². The summed E-state index contributed by atoms with van der Waals surface area (Å²) in [5.41, 5.74) is 3.73. The van der Waals surface area contributed by atoms with Gasteiger partial charge in [0, 0.05) is 0 Å². The monoisotopic (exact) mass is 231 g/mol. The van der Waals surface area contributed by atoms with Crippen LogP contribution in [0.2, 0.25) is 0 Å². The Morgan fingerprint density at radius 1 is 1.24 bits per heavy atom. The van der Waals surface area contributed by atoms with Gasteiger partial charge in [-0.2, -0.15) is 0 Å². The Bertz CT molecular complexity index is 392. The molecule has 1 aliphatic rings. The first-order valence-electron chi connectivity index (χ1n) is 6.50. The molecule has 0 bridgehead atoms. The Hall–Kier alpha value is -1.31. The second-order valence-corrected chi connectivity index (χ2v) is 5.28. The van der Waals surface area contributed by atoms with Gasteiger partial charge in [-0.05, 0) is 48.6 Å². The van der Waals surface area contributed by atoms with Crippen LogP contribution in [0.4, 0.5) is 0 Å². The number of hydrogen-bond donors (Lipinski definition) is 1. The van der Waals surface area contributed by atoms with Gasteiger partial charge in [-0.25, -0.2) is 0 Å². The Morgan fingerprint density at radius 3 is 2.53 bits per heavy atom. The fourth-order valence-corrected chi connectivity index (χ4v) is 2.57. The molecule has 0 aliphatic heterocycles. The minimum Gasteiger partial charge on any atom is -0.411 e. The van der Waals surface area contributed by atoms with E-state index in [0.717, 1.165) is 25.0 Å². The van der Waals surface area contributed by atoms with Crippen molar-refractivity contribution in [3.8, 4) is 0 Å². The van der Waals surface area contributed by atoms with Crippen molar-refractivity contribution in [3.05, 3.63) is 35.4 Å². The maximum atomic E-state index is 8.86. The molecule has 1 N–H and O–H groups in total. The van der Waals surface area contributed by atoms with Crippen molar-refractivity contribution >= 4 is 5.71 Å². The zero-order valence-electron chi connectivity index (χ0n) is 10.7. The predicted octanol–water partition coefficient (Wildman–Crippen LogP) is 4.30. The van der Waals surface area contributed by atoms with E-state index >= 15 is 0 Å². The largest absolute Gasteiger partial charge is 0.411 e. The lowest BCUT2D eigenvalue weighted by molar-refractivity contribution is 0.313. The summed E-state index contributed by atoms with van der Waals surface area (Å²) in [6, 6.07) is 8.93. The molecule has 17 heavy (non-hydrogen) atoms. The minimum absolute atomic E-state index is 0.538. The highest BCUT2D eigenvalue weighted by molar-refractivity contribution is 5.85. The molecule has 1 atom stereocenters. The lowest BCUT2D eigenvalue weighted by Crippen LogP contribution is -2.13. The highest BCUT2D eigenvalue weighted by atomic mass is 16.4. The minimum atomic E-state index is 0.538. The van der Waals surface area contributed by atoms with Gasteiger partial charge < -0.3 is 5.21 Å². The quantitative estimate of drug-likeness (QED) is 0.597. The Labute approximate surface area is 103 Å². The van der Waals surface area contributed by atoms with Crippen molar-refractivity contribution in [1.82, 2.24) is 0 Å². The van der Waals surface area contributed by atoms with Crippen LogP contribution in [0.1, 0.15) is 62.5 Å². The highest BCUT2D eigenvalue weighted by Gasteiger charge is 2.20. The molecule has 2 heteroatoms. The van der Waals surface area contributed by atoms with Crippen molar-refractivity contribution in [1.29, 1.82) is 0 Å². The Kier molecular flexibility index (Phi) is 3.82. The summed E-state index contributed by atoms with van der Waals surface area (Å²) in [6.07, 6.45) is 4.21. The van der Waals surface area contributed by atoms with E-state index in [1.807, 2.05) is 0 Å². The summed E-state index contributed by atoms with van der Waals surface area (Å²) < 4.78 is 0. The number of benzene rings is 1. The van der Waals surface area contributed by atoms with Gasteiger partial charge in [0.15, 0.2) is 0 Å². The molecule has 0 heterocycles.